The van der Waals surface area contributed by atoms with Crippen molar-refractivity contribution >= 4 is 11.7 Å². The number of carbonyl (C=O) groups is 2. The van der Waals surface area contributed by atoms with Gasteiger partial charge < -0.3 is 5.32 Å². The van der Waals surface area contributed by atoms with Gasteiger partial charge in [-0.25, -0.2) is 5.01 Å². The van der Waals surface area contributed by atoms with Crippen LogP contribution in [0, 0.1) is 5.92 Å². The van der Waals surface area contributed by atoms with E-state index in [-0.39, 0.29) is 23.8 Å². The summed E-state index contributed by atoms with van der Waals surface area (Å²) >= 11 is 0. The highest BCUT2D eigenvalue weighted by molar-refractivity contribution is 5.97. The normalized spacial score (nSPS) is 19.2. The molecule has 0 aromatic heterocycles. The number of ketones is 1. The Balaban J connectivity index is 1.94. The number of benzene rings is 1. The zero-order valence-corrected chi connectivity index (χ0v) is 11.7. The smallest absolute Gasteiger partial charge is 0.345 e. The second kappa shape index (κ2) is 6.45. The number of alkyl halides is 3. The van der Waals surface area contributed by atoms with Crippen molar-refractivity contribution in [3.05, 3.63) is 35.4 Å². The highest BCUT2D eigenvalue weighted by atomic mass is 19.4. The summed E-state index contributed by atoms with van der Waals surface area (Å²) in [5, 5.41) is 3.88. The van der Waals surface area contributed by atoms with E-state index >= 15 is 0 Å². The molecule has 0 saturated carbocycles. The zero-order chi connectivity index (χ0) is 16.3. The third-order valence-electron chi connectivity index (χ3n) is 3.55. The summed E-state index contributed by atoms with van der Waals surface area (Å²) in [5.41, 5.74) is -1.03. The van der Waals surface area contributed by atoms with E-state index in [2.05, 4.69) is 5.32 Å². The Hall–Kier alpha value is -1.93. The zero-order valence-electron chi connectivity index (χ0n) is 11.7. The van der Waals surface area contributed by atoms with Gasteiger partial charge in [0.25, 0.3) is 5.91 Å². The predicted molar refractivity (Wildman–Crippen MR) is 72.7 cm³/mol. The lowest BCUT2D eigenvalue weighted by Gasteiger charge is -2.11. The van der Waals surface area contributed by atoms with Crippen molar-refractivity contribution in [1.82, 2.24) is 10.3 Å². The van der Waals surface area contributed by atoms with E-state index < -0.39 is 17.6 Å². The first-order valence-electron chi connectivity index (χ1n) is 6.75. The summed E-state index contributed by atoms with van der Waals surface area (Å²) in [6.07, 6.45) is -3.89. The Morgan fingerprint density at radius 2 is 2.09 bits per heavy atom. The molecule has 1 aliphatic rings. The monoisotopic (exact) mass is 315 g/mol. The van der Waals surface area contributed by atoms with Gasteiger partial charge in [0.1, 0.15) is 0 Å². The van der Waals surface area contributed by atoms with Gasteiger partial charge in [-0.2, -0.15) is 13.2 Å². The van der Waals surface area contributed by atoms with Gasteiger partial charge in [0.2, 0.25) is 0 Å². The van der Waals surface area contributed by atoms with Gasteiger partial charge in [-0.3, -0.25) is 15.4 Å². The summed E-state index contributed by atoms with van der Waals surface area (Å²) < 4.78 is 37.8. The van der Waals surface area contributed by atoms with E-state index in [1.165, 1.54) is 11.1 Å². The quantitative estimate of drug-likeness (QED) is 0.819. The predicted octanol–water partition coefficient (Wildman–Crippen LogP) is 1.20. The first kappa shape index (κ1) is 16.4. The van der Waals surface area contributed by atoms with Gasteiger partial charge in [-0.1, -0.05) is 6.07 Å². The van der Waals surface area contributed by atoms with Gasteiger partial charge in [-0.05, 0) is 24.6 Å². The molecule has 0 spiro atoms. The molecule has 1 aliphatic heterocycles. The minimum atomic E-state index is -4.51. The summed E-state index contributed by atoms with van der Waals surface area (Å²) in [6, 6.07) is 4.07. The number of nitrogens with two attached hydrogens (primary N) is 1. The maximum Gasteiger partial charge on any atom is 0.416 e. The molecule has 0 radical (unpaired) electrons. The number of rotatable bonds is 4. The fourth-order valence-corrected chi connectivity index (χ4v) is 2.30. The number of Topliss-reactive ketones (excluding diaryl/α,β-unsaturated/α-hetero) is 1. The Bertz CT molecular complexity index is 575. The minimum Gasteiger partial charge on any atom is -0.345 e. The fourth-order valence-electron chi connectivity index (χ4n) is 2.30. The average molecular weight is 315 g/mol. The lowest BCUT2D eigenvalue weighted by atomic mass is 10.0. The van der Waals surface area contributed by atoms with Crippen molar-refractivity contribution in [1.29, 1.82) is 0 Å². The molecule has 0 unspecified atom stereocenters. The van der Waals surface area contributed by atoms with E-state index in [0.29, 0.717) is 19.5 Å². The van der Waals surface area contributed by atoms with E-state index in [1.54, 1.807) is 0 Å². The van der Waals surface area contributed by atoms with Crippen LogP contribution in [0.5, 0.6) is 0 Å². The molecular formula is C14H16F3N3O2. The summed E-state index contributed by atoms with van der Waals surface area (Å²) in [6.45, 7) is 0.823. The van der Waals surface area contributed by atoms with Crippen molar-refractivity contribution in [2.45, 2.75) is 12.6 Å². The topological polar surface area (TPSA) is 75.4 Å². The molecule has 1 aromatic carbocycles. The van der Waals surface area contributed by atoms with Gasteiger partial charge >= 0.3 is 6.18 Å². The third-order valence-corrected chi connectivity index (χ3v) is 3.55. The van der Waals surface area contributed by atoms with Gasteiger partial charge in [0.15, 0.2) is 5.78 Å². The maximum absolute atomic E-state index is 12.6. The molecular weight excluding hydrogens is 299 g/mol. The summed E-state index contributed by atoms with van der Waals surface area (Å²) in [7, 11) is 0. The van der Waals surface area contributed by atoms with Crippen LogP contribution in [-0.2, 0) is 11.0 Å². The number of nitrogens with zero attached hydrogens (tertiary/aromatic N) is 1. The van der Waals surface area contributed by atoms with Crippen molar-refractivity contribution in [2.75, 3.05) is 19.6 Å². The Morgan fingerprint density at radius 3 is 2.68 bits per heavy atom. The summed E-state index contributed by atoms with van der Waals surface area (Å²) in [4.78, 5) is 23.7. The highest BCUT2D eigenvalue weighted by Gasteiger charge is 2.31. The minimum absolute atomic E-state index is 0.130. The molecule has 1 aromatic rings. The molecule has 1 saturated heterocycles. The van der Waals surface area contributed by atoms with Crippen LogP contribution in [0.3, 0.4) is 0 Å². The van der Waals surface area contributed by atoms with Crippen molar-refractivity contribution in [2.24, 2.45) is 11.8 Å². The molecule has 3 N–H and O–H groups in total. The second-order valence-corrected chi connectivity index (χ2v) is 5.21. The maximum atomic E-state index is 12.6. The molecule has 5 nitrogen and oxygen atoms in total. The molecule has 1 fully saturated rings. The lowest BCUT2D eigenvalue weighted by molar-refractivity contribution is -0.137. The van der Waals surface area contributed by atoms with Gasteiger partial charge in [0.05, 0.1) is 12.1 Å². The number of halogens is 3. The van der Waals surface area contributed by atoms with Crippen LogP contribution in [0.15, 0.2) is 24.3 Å². The van der Waals surface area contributed by atoms with Crippen LogP contribution >= 0.6 is 0 Å². The number of hydrazine groups is 1. The number of hydrogen-bond acceptors (Lipinski definition) is 4. The van der Waals surface area contributed by atoms with E-state index in [9.17, 15) is 22.8 Å². The highest BCUT2D eigenvalue weighted by Crippen LogP contribution is 2.29. The molecule has 22 heavy (non-hydrogen) atoms. The number of amides is 1. The summed E-state index contributed by atoms with van der Waals surface area (Å²) in [5.74, 6) is 4.43. The SMILES string of the molecule is NN1CC[C@H](C(=O)CNC(=O)c2cccc(C(F)(F)F)c2)C1. The van der Waals surface area contributed by atoms with Crippen LogP contribution < -0.4 is 11.2 Å². The standard InChI is InChI=1S/C14H16F3N3O2/c15-14(16,17)11-3-1-2-9(6-11)13(22)19-7-12(21)10-4-5-20(18)8-10/h1-3,6,10H,4-5,7-8,18H2,(H,19,22)/t10-/m0/s1. The number of carbonyl (C=O) groups excluding carboxylic acids is 2. The van der Waals surface area contributed by atoms with E-state index in [1.807, 2.05) is 0 Å². The van der Waals surface area contributed by atoms with Crippen LogP contribution in [-0.4, -0.2) is 36.3 Å². The Kier molecular flexibility index (Phi) is 4.82. The Morgan fingerprint density at radius 1 is 1.36 bits per heavy atom. The van der Waals surface area contributed by atoms with Crippen molar-refractivity contribution in [3.63, 3.8) is 0 Å². The second-order valence-electron chi connectivity index (χ2n) is 5.21. The number of nitrogens with one attached hydrogen (secondary N) is 1. The first-order chi connectivity index (χ1) is 10.3. The van der Waals surface area contributed by atoms with Crippen LogP contribution in [0.2, 0.25) is 0 Å². The molecule has 0 bridgehead atoms. The van der Waals surface area contributed by atoms with Crippen LogP contribution in [0.4, 0.5) is 13.2 Å². The van der Waals surface area contributed by atoms with Gasteiger partial charge in [-0.15, -0.1) is 0 Å². The molecule has 1 amide bonds. The third kappa shape index (κ3) is 4.05. The first-order valence-corrected chi connectivity index (χ1v) is 6.75. The lowest BCUT2D eigenvalue weighted by Crippen LogP contribution is -2.35. The van der Waals surface area contributed by atoms with E-state index in [4.69, 9.17) is 5.84 Å². The molecule has 1 heterocycles. The average Bonchev–Trinajstić information content (AvgIpc) is 2.90. The van der Waals surface area contributed by atoms with Gasteiger partial charge in [0, 0.05) is 24.6 Å². The largest absolute Gasteiger partial charge is 0.416 e. The molecule has 8 heteroatoms. The van der Waals surface area contributed by atoms with E-state index in [0.717, 1.165) is 18.2 Å². The van der Waals surface area contributed by atoms with Crippen molar-refractivity contribution < 1.29 is 22.8 Å². The Labute approximate surface area is 125 Å². The molecule has 120 valence electrons. The van der Waals surface area contributed by atoms with Crippen molar-refractivity contribution in [3.8, 4) is 0 Å². The molecule has 2 rings (SSSR count). The molecule has 1 atom stereocenters. The molecule has 0 aliphatic carbocycles. The fraction of sp³-hybridized carbons (Fsp3) is 0.429. The number of hydrogen-bond donors (Lipinski definition) is 2. The van der Waals surface area contributed by atoms with Crippen LogP contribution in [0.1, 0.15) is 22.3 Å². The van der Waals surface area contributed by atoms with Crippen LogP contribution in [0.25, 0.3) is 0 Å².